The number of likely N-dealkylation sites (N-methyl/N-ethyl adjacent to an activating group) is 1. The van der Waals surface area contributed by atoms with Gasteiger partial charge >= 0.3 is 0 Å². The maximum Gasteiger partial charge on any atom is 0.172 e. The van der Waals surface area contributed by atoms with Crippen molar-refractivity contribution in [3.05, 3.63) is 10.8 Å². The quantitative estimate of drug-likeness (QED) is 0.837. The maximum atomic E-state index is 5.95. The van der Waals surface area contributed by atoms with Crippen molar-refractivity contribution in [2.45, 2.75) is 38.3 Å². The second-order valence-electron chi connectivity index (χ2n) is 4.85. The normalized spacial score (nSPS) is 16.9. The van der Waals surface area contributed by atoms with Crippen LogP contribution in [-0.2, 0) is 6.54 Å². The first-order valence-corrected chi connectivity index (χ1v) is 6.99. The second kappa shape index (κ2) is 5.87. The Balaban J connectivity index is 1.94. The van der Waals surface area contributed by atoms with Gasteiger partial charge in [-0.05, 0) is 55.7 Å². The average molecular weight is 302 g/mol. The third kappa shape index (κ3) is 3.45. The van der Waals surface area contributed by atoms with Gasteiger partial charge in [-0.3, -0.25) is 4.68 Å². The number of aromatic nitrogens is 2. The SMILES string of the molecule is CN(C)CCn1ncc(OC2CCCC2)c1Br. The average Bonchev–Trinajstić information content (AvgIpc) is 2.89. The first-order valence-electron chi connectivity index (χ1n) is 6.19. The third-order valence-electron chi connectivity index (χ3n) is 3.10. The van der Waals surface area contributed by atoms with Crippen molar-refractivity contribution in [3.63, 3.8) is 0 Å². The Morgan fingerprint density at radius 3 is 2.82 bits per heavy atom. The van der Waals surface area contributed by atoms with Crippen molar-refractivity contribution in [1.29, 1.82) is 0 Å². The minimum absolute atomic E-state index is 0.387. The fourth-order valence-corrected chi connectivity index (χ4v) is 2.53. The highest BCUT2D eigenvalue weighted by molar-refractivity contribution is 9.10. The lowest BCUT2D eigenvalue weighted by Crippen LogP contribution is -2.19. The summed E-state index contributed by atoms with van der Waals surface area (Å²) in [6.07, 6.45) is 7.13. The van der Waals surface area contributed by atoms with Gasteiger partial charge in [-0.2, -0.15) is 5.10 Å². The standard InChI is InChI=1S/C12H20BrN3O/c1-15(2)7-8-16-12(13)11(9-14-16)17-10-5-3-4-6-10/h9-10H,3-8H2,1-2H3. The van der Waals surface area contributed by atoms with Gasteiger partial charge < -0.3 is 9.64 Å². The van der Waals surface area contributed by atoms with E-state index in [-0.39, 0.29) is 0 Å². The third-order valence-corrected chi connectivity index (χ3v) is 3.90. The number of hydrogen-bond acceptors (Lipinski definition) is 3. The molecule has 0 amide bonds. The van der Waals surface area contributed by atoms with Gasteiger partial charge in [0.15, 0.2) is 5.75 Å². The zero-order valence-electron chi connectivity index (χ0n) is 10.5. The summed E-state index contributed by atoms with van der Waals surface area (Å²) in [6.45, 7) is 1.85. The van der Waals surface area contributed by atoms with E-state index in [1.807, 2.05) is 10.9 Å². The van der Waals surface area contributed by atoms with Crippen LogP contribution in [0, 0.1) is 0 Å². The summed E-state index contributed by atoms with van der Waals surface area (Å²) in [5.41, 5.74) is 0. The summed E-state index contributed by atoms with van der Waals surface area (Å²) < 4.78 is 8.86. The molecule has 17 heavy (non-hydrogen) atoms. The fourth-order valence-electron chi connectivity index (χ4n) is 2.07. The molecule has 0 unspecified atom stereocenters. The van der Waals surface area contributed by atoms with Crippen molar-refractivity contribution in [2.75, 3.05) is 20.6 Å². The predicted molar refractivity (Wildman–Crippen MR) is 71.4 cm³/mol. The largest absolute Gasteiger partial charge is 0.486 e. The van der Waals surface area contributed by atoms with E-state index in [4.69, 9.17) is 4.74 Å². The van der Waals surface area contributed by atoms with Crippen molar-refractivity contribution >= 4 is 15.9 Å². The summed E-state index contributed by atoms with van der Waals surface area (Å²) in [7, 11) is 4.13. The van der Waals surface area contributed by atoms with E-state index in [2.05, 4.69) is 40.0 Å². The molecule has 1 heterocycles. The van der Waals surface area contributed by atoms with E-state index >= 15 is 0 Å². The van der Waals surface area contributed by atoms with Crippen molar-refractivity contribution in [2.24, 2.45) is 0 Å². The molecule has 1 aromatic heterocycles. The van der Waals surface area contributed by atoms with Crippen LogP contribution in [0.2, 0.25) is 0 Å². The molecule has 0 bridgehead atoms. The Labute approximate surface area is 111 Å². The van der Waals surface area contributed by atoms with Crippen molar-refractivity contribution in [3.8, 4) is 5.75 Å². The number of hydrogen-bond donors (Lipinski definition) is 0. The van der Waals surface area contributed by atoms with Crippen LogP contribution in [0.4, 0.5) is 0 Å². The molecular formula is C12H20BrN3O. The molecule has 0 aromatic carbocycles. The molecule has 2 rings (SSSR count). The Kier molecular flexibility index (Phi) is 4.45. The lowest BCUT2D eigenvalue weighted by molar-refractivity contribution is 0.208. The van der Waals surface area contributed by atoms with Crippen LogP contribution >= 0.6 is 15.9 Å². The summed E-state index contributed by atoms with van der Waals surface area (Å²) in [5, 5.41) is 4.35. The topological polar surface area (TPSA) is 30.3 Å². The van der Waals surface area contributed by atoms with E-state index < -0.39 is 0 Å². The molecule has 0 N–H and O–H groups in total. The molecule has 1 fully saturated rings. The van der Waals surface area contributed by atoms with E-state index in [1.165, 1.54) is 25.7 Å². The number of halogens is 1. The Hall–Kier alpha value is -0.550. The molecule has 0 atom stereocenters. The van der Waals surface area contributed by atoms with E-state index in [9.17, 15) is 0 Å². The highest BCUT2D eigenvalue weighted by Gasteiger charge is 2.19. The van der Waals surface area contributed by atoms with E-state index in [0.717, 1.165) is 23.4 Å². The zero-order valence-corrected chi connectivity index (χ0v) is 12.1. The molecule has 1 saturated carbocycles. The monoisotopic (exact) mass is 301 g/mol. The minimum atomic E-state index is 0.387. The van der Waals surface area contributed by atoms with Crippen LogP contribution in [0.25, 0.3) is 0 Å². The van der Waals surface area contributed by atoms with Crippen LogP contribution in [0.5, 0.6) is 5.75 Å². The van der Waals surface area contributed by atoms with Crippen LogP contribution < -0.4 is 4.74 Å². The van der Waals surface area contributed by atoms with Gasteiger partial charge in [-0.1, -0.05) is 0 Å². The predicted octanol–water partition coefficient (Wildman–Crippen LogP) is 2.53. The Morgan fingerprint density at radius 2 is 2.18 bits per heavy atom. The van der Waals surface area contributed by atoms with Crippen LogP contribution in [0.1, 0.15) is 25.7 Å². The Bertz CT molecular complexity index is 359. The molecule has 0 saturated heterocycles. The van der Waals surface area contributed by atoms with E-state index in [0.29, 0.717) is 6.10 Å². The fraction of sp³-hybridized carbons (Fsp3) is 0.750. The van der Waals surface area contributed by atoms with Crippen molar-refractivity contribution < 1.29 is 4.74 Å². The number of rotatable bonds is 5. The van der Waals surface area contributed by atoms with Gasteiger partial charge in [0.2, 0.25) is 0 Å². The first-order chi connectivity index (χ1) is 8.16. The summed E-state index contributed by atoms with van der Waals surface area (Å²) >= 11 is 3.57. The lowest BCUT2D eigenvalue weighted by Gasteiger charge is -2.12. The maximum absolute atomic E-state index is 5.95. The molecule has 1 aliphatic rings. The van der Waals surface area contributed by atoms with Crippen LogP contribution in [-0.4, -0.2) is 41.4 Å². The molecular weight excluding hydrogens is 282 g/mol. The van der Waals surface area contributed by atoms with Gasteiger partial charge in [0.25, 0.3) is 0 Å². The minimum Gasteiger partial charge on any atom is -0.486 e. The van der Waals surface area contributed by atoms with Gasteiger partial charge in [0, 0.05) is 6.54 Å². The summed E-state index contributed by atoms with van der Waals surface area (Å²) in [6, 6.07) is 0. The smallest absolute Gasteiger partial charge is 0.172 e. The second-order valence-corrected chi connectivity index (χ2v) is 5.60. The zero-order chi connectivity index (χ0) is 12.3. The highest BCUT2D eigenvalue weighted by Crippen LogP contribution is 2.29. The van der Waals surface area contributed by atoms with Gasteiger partial charge in [-0.15, -0.1) is 0 Å². The molecule has 4 nitrogen and oxygen atoms in total. The van der Waals surface area contributed by atoms with Crippen LogP contribution in [0.3, 0.4) is 0 Å². The number of ether oxygens (including phenoxy) is 1. The molecule has 0 radical (unpaired) electrons. The van der Waals surface area contributed by atoms with Gasteiger partial charge in [-0.25, -0.2) is 0 Å². The Morgan fingerprint density at radius 1 is 1.47 bits per heavy atom. The van der Waals surface area contributed by atoms with Gasteiger partial charge in [0.1, 0.15) is 4.60 Å². The van der Waals surface area contributed by atoms with Crippen molar-refractivity contribution in [1.82, 2.24) is 14.7 Å². The highest BCUT2D eigenvalue weighted by atomic mass is 79.9. The van der Waals surface area contributed by atoms with Gasteiger partial charge in [0.05, 0.1) is 18.8 Å². The summed E-state index contributed by atoms with van der Waals surface area (Å²) in [4.78, 5) is 2.14. The summed E-state index contributed by atoms with van der Waals surface area (Å²) in [5.74, 6) is 0.885. The lowest BCUT2D eigenvalue weighted by atomic mass is 10.3. The molecule has 96 valence electrons. The molecule has 1 aromatic rings. The molecule has 1 aliphatic carbocycles. The molecule has 5 heteroatoms. The van der Waals surface area contributed by atoms with E-state index in [1.54, 1.807) is 0 Å². The molecule has 0 spiro atoms. The van der Waals surface area contributed by atoms with Crippen LogP contribution in [0.15, 0.2) is 10.8 Å². The first kappa shape index (κ1) is 12.9. The number of nitrogens with zero attached hydrogens (tertiary/aromatic N) is 3. The molecule has 0 aliphatic heterocycles.